The summed E-state index contributed by atoms with van der Waals surface area (Å²) in [5.74, 6) is 1.01. The van der Waals surface area contributed by atoms with E-state index in [2.05, 4.69) is 10.2 Å². The molecule has 0 spiro atoms. The molecule has 0 radical (unpaired) electrons. The fourth-order valence-corrected chi connectivity index (χ4v) is 4.13. The average Bonchev–Trinajstić information content (AvgIpc) is 3.18. The molecule has 1 saturated heterocycles. The lowest BCUT2D eigenvalue weighted by Gasteiger charge is -2.33. The minimum atomic E-state index is -0.124. The molecule has 1 aliphatic heterocycles. The molecule has 1 aromatic heterocycles. The molecule has 2 aromatic rings. The van der Waals surface area contributed by atoms with Crippen LogP contribution in [0.5, 0.6) is 0 Å². The predicted molar refractivity (Wildman–Crippen MR) is 102 cm³/mol. The lowest BCUT2D eigenvalue weighted by atomic mass is 10.1. The van der Waals surface area contributed by atoms with Gasteiger partial charge in [0.25, 0.3) is 0 Å². The molecule has 0 unspecified atom stereocenters. The summed E-state index contributed by atoms with van der Waals surface area (Å²) in [6, 6.07) is 14.1. The fraction of sp³-hybridized carbons (Fsp3) is 0.450. The van der Waals surface area contributed by atoms with E-state index >= 15 is 0 Å². The summed E-state index contributed by atoms with van der Waals surface area (Å²) >= 11 is 1.59. The molecular formula is C20H26N2O2S. The minimum absolute atomic E-state index is 0.0717. The van der Waals surface area contributed by atoms with Gasteiger partial charge in [0.2, 0.25) is 5.91 Å². The largest absolute Gasteiger partial charge is 0.468 e. The Morgan fingerprint density at radius 3 is 2.60 bits per heavy atom. The van der Waals surface area contributed by atoms with Crippen LogP contribution in [0, 0.1) is 0 Å². The Balaban J connectivity index is 1.57. The average molecular weight is 359 g/mol. The zero-order valence-corrected chi connectivity index (χ0v) is 15.5. The highest BCUT2D eigenvalue weighted by molar-refractivity contribution is 8.00. The molecule has 0 bridgehead atoms. The third-order valence-corrected chi connectivity index (χ3v) is 5.71. The number of benzene rings is 1. The van der Waals surface area contributed by atoms with Gasteiger partial charge in [0.1, 0.15) is 5.76 Å². The Kier molecular flexibility index (Phi) is 6.59. The van der Waals surface area contributed by atoms with Crippen molar-refractivity contribution in [1.82, 2.24) is 10.2 Å². The SMILES string of the molecule is C[C@H](Sc1ccccc1)C(=O)NC[C@@H](c1ccco1)N1CCCCC1. The van der Waals surface area contributed by atoms with Gasteiger partial charge in [-0.25, -0.2) is 0 Å². The Bertz CT molecular complexity index is 639. The normalized spacial score (nSPS) is 17.8. The summed E-state index contributed by atoms with van der Waals surface area (Å²) in [6.45, 7) is 4.67. The first-order valence-corrected chi connectivity index (χ1v) is 9.89. The van der Waals surface area contributed by atoms with Crippen LogP contribution in [0.2, 0.25) is 0 Å². The number of piperidine rings is 1. The van der Waals surface area contributed by atoms with Crippen LogP contribution in [0.3, 0.4) is 0 Å². The summed E-state index contributed by atoms with van der Waals surface area (Å²) < 4.78 is 5.64. The van der Waals surface area contributed by atoms with E-state index in [0.29, 0.717) is 6.54 Å². The minimum Gasteiger partial charge on any atom is -0.468 e. The first-order chi connectivity index (χ1) is 12.2. The molecule has 25 heavy (non-hydrogen) atoms. The van der Waals surface area contributed by atoms with Crippen LogP contribution in [0.4, 0.5) is 0 Å². The van der Waals surface area contributed by atoms with Gasteiger partial charge in [0.05, 0.1) is 17.6 Å². The van der Waals surface area contributed by atoms with Gasteiger partial charge in [0.15, 0.2) is 0 Å². The van der Waals surface area contributed by atoms with Crippen LogP contribution in [0.25, 0.3) is 0 Å². The molecule has 1 fully saturated rings. The zero-order valence-electron chi connectivity index (χ0n) is 14.7. The van der Waals surface area contributed by atoms with Gasteiger partial charge in [-0.3, -0.25) is 9.69 Å². The number of likely N-dealkylation sites (tertiary alicyclic amines) is 1. The Morgan fingerprint density at radius 1 is 1.16 bits per heavy atom. The highest BCUT2D eigenvalue weighted by Gasteiger charge is 2.25. The molecule has 0 saturated carbocycles. The molecular weight excluding hydrogens is 332 g/mol. The number of carbonyl (C=O) groups is 1. The lowest BCUT2D eigenvalue weighted by molar-refractivity contribution is -0.120. The molecule has 1 aromatic carbocycles. The molecule has 134 valence electrons. The second-order valence-corrected chi connectivity index (χ2v) is 7.86. The van der Waals surface area contributed by atoms with E-state index < -0.39 is 0 Å². The molecule has 5 heteroatoms. The monoisotopic (exact) mass is 358 g/mol. The summed E-state index contributed by atoms with van der Waals surface area (Å²) in [6.07, 6.45) is 5.43. The number of carbonyl (C=O) groups excluding carboxylic acids is 1. The maximum absolute atomic E-state index is 12.5. The molecule has 1 aliphatic rings. The molecule has 4 nitrogen and oxygen atoms in total. The number of furan rings is 1. The van der Waals surface area contributed by atoms with Gasteiger partial charge in [-0.1, -0.05) is 24.6 Å². The van der Waals surface area contributed by atoms with Gasteiger partial charge in [-0.05, 0) is 57.1 Å². The van der Waals surface area contributed by atoms with Gasteiger partial charge >= 0.3 is 0 Å². The number of thioether (sulfide) groups is 1. The van der Waals surface area contributed by atoms with Gasteiger partial charge in [0, 0.05) is 11.4 Å². The van der Waals surface area contributed by atoms with Crippen LogP contribution in [0.15, 0.2) is 58.0 Å². The second kappa shape index (κ2) is 9.11. The van der Waals surface area contributed by atoms with E-state index in [1.165, 1.54) is 19.3 Å². The highest BCUT2D eigenvalue weighted by atomic mass is 32.2. The van der Waals surface area contributed by atoms with Crippen molar-refractivity contribution < 1.29 is 9.21 Å². The van der Waals surface area contributed by atoms with Gasteiger partial charge in [-0.15, -0.1) is 11.8 Å². The van der Waals surface area contributed by atoms with Crippen LogP contribution in [-0.4, -0.2) is 35.7 Å². The van der Waals surface area contributed by atoms with Crippen molar-refractivity contribution in [2.75, 3.05) is 19.6 Å². The predicted octanol–water partition coefficient (Wildman–Crippen LogP) is 4.10. The first kappa shape index (κ1) is 18.1. The number of rotatable bonds is 7. The van der Waals surface area contributed by atoms with E-state index in [4.69, 9.17) is 4.42 Å². The second-order valence-electron chi connectivity index (χ2n) is 6.45. The van der Waals surface area contributed by atoms with E-state index in [9.17, 15) is 4.79 Å². The Morgan fingerprint density at radius 2 is 1.92 bits per heavy atom. The summed E-state index contributed by atoms with van der Waals surface area (Å²) in [5, 5.41) is 3.00. The Hall–Kier alpha value is -1.72. The van der Waals surface area contributed by atoms with Crippen molar-refractivity contribution in [3.05, 3.63) is 54.5 Å². The van der Waals surface area contributed by atoms with Crippen molar-refractivity contribution >= 4 is 17.7 Å². The van der Waals surface area contributed by atoms with Crippen molar-refractivity contribution in [2.45, 2.75) is 42.4 Å². The zero-order chi connectivity index (χ0) is 17.5. The van der Waals surface area contributed by atoms with E-state index in [-0.39, 0.29) is 17.2 Å². The maximum atomic E-state index is 12.5. The molecule has 1 amide bonds. The maximum Gasteiger partial charge on any atom is 0.233 e. The Labute approximate surface area is 154 Å². The van der Waals surface area contributed by atoms with E-state index in [1.54, 1.807) is 18.0 Å². The highest BCUT2D eigenvalue weighted by Crippen LogP contribution is 2.26. The van der Waals surface area contributed by atoms with Crippen molar-refractivity contribution in [1.29, 1.82) is 0 Å². The third-order valence-electron chi connectivity index (χ3n) is 4.60. The summed E-state index contributed by atoms with van der Waals surface area (Å²) in [4.78, 5) is 16.1. The molecule has 2 heterocycles. The summed E-state index contributed by atoms with van der Waals surface area (Å²) in [7, 11) is 0. The van der Waals surface area contributed by atoms with Crippen LogP contribution in [-0.2, 0) is 4.79 Å². The molecule has 3 rings (SSSR count). The van der Waals surface area contributed by atoms with E-state index in [0.717, 1.165) is 23.7 Å². The number of nitrogens with one attached hydrogen (secondary N) is 1. The number of nitrogens with zero attached hydrogens (tertiary/aromatic N) is 1. The quantitative estimate of drug-likeness (QED) is 0.757. The molecule has 0 aliphatic carbocycles. The van der Waals surface area contributed by atoms with Crippen molar-refractivity contribution in [3.63, 3.8) is 0 Å². The van der Waals surface area contributed by atoms with Crippen molar-refractivity contribution in [2.24, 2.45) is 0 Å². The fourth-order valence-electron chi connectivity index (χ4n) is 3.22. The molecule has 2 atom stereocenters. The van der Waals surface area contributed by atoms with E-state index in [1.807, 2.05) is 49.4 Å². The number of hydrogen-bond donors (Lipinski definition) is 1. The lowest BCUT2D eigenvalue weighted by Crippen LogP contribution is -2.42. The van der Waals surface area contributed by atoms with Crippen LogP contribution >= 0.6 is 11.8 Å². The molecule has 1 N–H and O–H groups in total. The smallest absolute Gasteiger partial charge is 0.233 e. The van der Waals surface area contributed by atoms with Crippen LogP contribution in [0.1, 0.15) is 38.0 Å². The summed E-state index contributed by atoms with van der Waals surface area (Å²) in [5.41, 5.74) is 0. The number of hydrogen-bond acceptors (Lipinski definition) is 4. The first-order valence-electron chi connectivity index (χ1n) is 9.01. The van der Waals surface area contributed by atoms with Gasteiger partial charge in [-0.2, -0.15) is 0 Å². The standard InChI is InChI=1S/C20H26N2O2S/c1-16(25-17-9-4-2-5-10-17)20(23)21-15-18(19-11-8-14-24-19)22-12-6-3-7-13-22/h2,4-5,8-11,14,16,18H,3,6-7,12-13,15H2,1H3,(H,21,23)/t16-,18-/m0/s1. The topological polar surface area (TPSA) is 45.5 Å². The van der Waals surface area contributed by atoms with Crippen molar-refractivity contribution in [3.8, 4) is 0 Å². The van der Waals surface area contributed by atoms with Crippen LogP contribution < -0.4 is 5.32 Å². The van der Waals surface area contributed by atoms with Gasteiger partial charge < -0.3 is 9.73 Å². The third kappa shape index (κ3) is 5.13. The number of amides is 1.